The van der Waals surface area contributed by atoms with Gasteiger partial charge in [-0.1, -0.05) is 29.8 Å². The molecular formula is C16H15ClINO. The molecule has 0 aliphatic heterocycles. The van der Waals surface area contributed by atoms with Crippen LogP contribution in [0.5, 0.6) is 5.75 Å². The molecule has 4 heteroatoms. The molecular weight excluding hydrogens is 385 g/mol. The normalized spacial score (nSPS) is 15.9. The number of benzene rings is 2. The summed E-state index contributed by atoms with van der Waals surface area (Å²) in [6, 6.07) is 13.8. The van der Waals surface area contributed by atoms with Crippen LogP contribution in [0.4, 0.5) is 0 Å². The summed E-state index contributed by atoms with van der Waals surface area (Å²) in [6.07, 6.45) is 2.76. The Labute approximate surface area is 137 Å². The van der Waals surface area contributed by atoms with E-state index >= 15 is 0 Å². The van der Waals surface area contributed by atoms with Gasteiger partial charge in [0.05, 0.1) is 17.2 Å². The standard InChI is InChI=1S/C16H15ClINO/c17-14-9-11(3-8-15(14)18)16(19)10-1-4-12(5-2-10)20-13-6-7-13/h1-5,8-9,13,16H,6-7,19H2. The number of rotatable bonds is 4. The van der Waals surface area contributed by atoms with Gasteiger partial charge >= 0.3 is 0 Å². The van der Waals surface area contributed by atoms with Crippen molar-refractivity contribution in [1.29, 1.82) is 0 Å². The molecule has 0 radical (unpaired) electrons. The molecule has 2 aromatic carbocycles. The molecule has 0 spiro atoms. The molecule has 2 aromatic rings. The van der Waals surface area contributed by atoms with Gasteiger partial charge < -0.3 is 10.5 Å². The third-order valence-corrected chi connectivity index (χ3v) is 4.94. The predicted octanol–water partition coefficient (Wildman–Crippen LogP) is 4.53. The Morgan fingerprint density at radius 1 is 1.10 bits per heavy atom. The Kier molecular flexibility index (Phi) is 4.19. The smallest absolute Gasteiger partial charge is 0.119 e. The lowest BCUT2D eigenvalue weighted by Crippen LogP contribution is -2.11. The molecule has 0 heterocycles. The average Bonchev–Trinajstić information content (AvgIpc) is 3.26. The zero-order chi connectivity index (χ0) is 14.1. The highest BCUT2D eigenvalue weighted by Gasteiger charge is 2.23. The van der Waals surface area contributed by atoms with Crippen molar-refractivity contribution < 1.29 is 4.74 Å². The van der Waals surface area contributed by atoms with Crippen LogP contribution in [-0.2, 0) is 0 Å². The summed E-state index contributed by atoms with van der Waals surface area (Å²) in [5.41, 5.74) is 8.38. The molecule has 0 aromatic heterocycles. The number of hydrogen-bond acceptors (Lipinski definition) is 2. The van der Waals surface area contributed by atoms with Crippen LogP contribution >= 0.6 is 34.2 Å². The first kappa shape index (κ1) is 14.2. The molecule has 20 heavy (non-hydrogen) atoms. The molecule has 1 saturated carbocycles. The summed E-state index contributed by atoms with van der Waals surface area (Å²) < 4.78 is 6.77. The molecule has 0 amide bonds. The first-order chi connectivity index (χ1) is 9.63. The first-order valence-electron chi connectivity index (χ1n) is 6.60. The van der Waals surface area contributed by atoms with Gasteiger partial charge in [0.2, 0.25) is 0 Å². The van der Waals surface area contributed by atoms with Gasteiger partial charge in [0.1, 0.15) is 5.75 Å². The molecule has 104 valence electrons. The number of nitrogens with two attached hydrogens (primary N) is 1. The van der Waals surface area contributed by atoms with Crippen molar-refractivity contribution in [2.75, 3.05) is 0 Å². The highest BCUT2D eigenvalue weighted by molar-refractivity contribution is 14.1. The van der Waals surface area contributed by atoms with E-state index in [-0.39, 0.29) is 6.04 Å². The van der Waals surface area contributed by atoms with E-state index in [9.17, 15) is 0 Å². The van der Waals surface area contributed by atoms with Crippen molar-refractivity contribution >= 4 is 34.2 Å². The van der Waals surface area contributed by atoms with Crippen molar-refractivity contribution in [1.82, 2.24) is 0 Å². The van der Waals surface area contributed by atoms with Crippen molar-refractivity contribution in [2.24, 2.45) is 5.73 Å². The summed E-state index contributed by atoms with van der Waals surface area (Å²) in [5, 5.41) is 0.743. The van der Waals surface area contributed by atoms with Crippen LogP contribution in [0.2, 0.25) is 5.02 Å². The fourth-order valence-corrected chi connectivity index (χ4v) is 2.55. The van der Waals surface area contributed by atoms with Crippen LogP contribution in [0.1, 0.15) is 30.0 Å². The second-order valence-electron chi connectivity index (χ2n) is 5.04. The van der Waals surface area contributed by atoms with Gasteiger partial charge in [-0.2, -0.15) is 0 Å². The summed E-state index contributed by atoms with van der Waals surface area (Å²) in [4.78, 5) is 0. The highest BCUT2D eigenvalue weighted by Crippen LogP contribution is 2.29. The first-order valence-corrected chi connectivity index (χ1v) is 8.06. The molecule has 1 unspecified atom stereocenters. The Balaban J connectivity index is 1.78. The lowest BCUT2D eigenvalue weighted by atomic mass is 10.00. The molecule has 1 aliphatic carbocycles. The third-order valence-electron chi connectivity index (χ3n) is 3.37. The van der Waals surface area contributed by atoms with Crippen molar-refractivity contribution in [3.8, 4) is 5.75 Å². The van der Waals surface area contributed by atoms with E-state index in [0.29, 0.717) is 6.10 Å². The van der Waals surface area contributed by atoms with Crippen molar-refractivity contribution in [2.45, 2.75) is 25.0 Å². The van der Waals surface area contributed by atoms with Gasteiger partial charge in [-0.05, 0) is 70.8 Å². The van der Waals surface area contributed by atoms with Gasteiger partial charge in [-0.15, -0.1) is 0 Å². The summed E-state index contributed by atoms with van der Waals surface area (Å²) >= 11 is 8.36. The third kappa shape index (κ3) is 3.27. The van der Waals surface area contributed by atoms with E-state index in [0.717, 1.165) is 25.5 Å². The largest absolute Gasteiger partial charge is 0.490 e. The Morgan fingerprint density at radius 2 is 1.75 bits per heavy atom. The molecule has 0 saturated heterocycles. The summed E-state index contributed by atoms with van der Waals surface area (Å²) in [7, 11) is 0. The van der Waals surface area contributed by atoms with Crippen molar-refractivity contribution in [3.05, 3.63) is 62.2 Å². The molecule has 2 N–H and O–H groups in total. The highest BCUT2D eigenvalue weighted by atomic mass is 127. The van der Waals surface area contributed by atoms with E-state index in [1.807, 2.05) is 42.5 Å². The molecule has 2 nitrogen and oxygen atoms in total. The van der Waals surface area contributed by atoms with E-state index in [2.05, 4.69) is 22.6 Å². The average molecular weight is 400 g/mol. The maximum absolute atomic E-state index is 6.30. The lowest BCUT2D eigenvalue weighted by Gasteiger charge is -2.14. The second kappa shape index (κ2) is 5.92. The molecule has 1 aliphatic rings. The van der Waals surface area contributed by atoms with E-state index < -0.39 is 0 Å². The lowest BCUT2D eigenvalue weighted by molar-refractivity contribution is 0.303. The maximum atomic E-state index is 6.30. The van der Waals surface area contributed by atoms with Gasteiger partial charge in [0.15, 0.2) is 0 Å². The van der Waals surface area contributed by atoms with E-state index in [1.54, 1.807) is 0 Å². The quantitative estimate of drug-likeness (QED) is 0.767. The van der Waals surface area contributed by atoms with Crippen molar-refractivity contribution in [3.63, 3.8) is 0 Å². The Hall–Kier alpha value is -0.780. The SMILES string of the molecule is NC(c1ccc(OC2CC2)cc1)c1ccc(I)c(Cl)c1. The van der Waals surface area contributed by atoms with Crippen LogP contribution in [0.15, 0.2) is 42.5 Å². The fraction of sp³-hybridized carbons (Fsp3) is 0.250. The summed E-state index contributed by atoms with van der Waals surface area (Å²) in [5.74, 6) is 0.920. The van der Waals surface area contributed by atoms with Gasteiger partial charge in [-0.25, -0.2) is 0 Å². The Morgan fingerprint density at radius 3 is 2.35 bits per heavy atom. The van der Waals surface area contributed by atoms with Gasteiger partial charge in [0.25, 0.3) is 0 Å². The molecule has 1 atom stereocenters. The van der Waals surface area contributed by atoms with Crippen LogP contribution in [0.3, 0.4) is 0 Å². The summed E-state index contributed by atoms with van der Waals surface area (Å²) in [6.45, 7) is 0. The van der Waals surface area contributed by atoms with Crippen LogP contribution in [-0.4, -0.2) is 6.10 Å². The second-order valence-corrected chi connectivity index (χ2v) is 6.61. The van der Waals surface area contributed by atoms with Crippen LogP contribution < -0.4 is 10.5 Å². The maximum Gasteiger partial charge on any atom is 0.119 e. The topological polar surface area (TPSA) is 35.2 Å². The Bertz CT molecular complexity index is 610. The van der Waals surface area contributed by atoms with E-state index in [4.69, 9.17) is 22.1 Å². The molecule has 1 fully saturated rings. The minimum Gasteiger partial charge on any atom is -0.490 e. The monoisotopic (exact) mass is 399 g/mol. The number of ether oxygens (including phenoxy) is 1. The predicted molar refractivity (Wildman–Crippen MR) is 90.3 cm³/mol. The molecule has 3 rings (SSSR count). The fourth-order valence-electron chi connectivity index (χ4n) is 2.03. The van der Waals surface area contributed by atoms with Crippen LogP contribution in [0.25, 0.3) is 0 Å². The minimum absolute atomic E-state index is 0.167. The number of halogens is 2. The van der Waals surface area contributed by atoms with E-state index in [1.165, 1.54) is 12.8 Å². The minimum atomic E-state index is -0.167. The van der Waals surface area contributed by atoms with Gasteiger partial charge in [-0.3, -0.25) is 0 Å². The zero-order valence-electron chi connectivity index (χ0n) is 10.9. The number of hydrogen-bond donors (Lipinski definition) is 1. The van der Waals surface area contributed by atoms with Crippen LogP contribution in [0, 0.1) is 3.57 Å². The zero-order valence-corrected chi connectivity index (χ0v) is 13.8. The molecule has 0 bridgehead atoms. The van der Waals surface area contributed by atoms with Gasteiger partial charge in [0, 0.05) is 3.57 Å².